The molecular formula is C29H31N5O4S. The van der Waals surface area contributed by atoms with Gasteiger partial charge in [-0.05, 0) is 41.7 Å². The van der Waals surface area contributed by atoms with Crippen LogP contribution in [-0.4, -0.2) is 54.8 Å². The summed E-state index contributed by atoms with van der Waals surface area (Å²) in [5.74, 6) is -0.619. The zero-order valence-corrected chi connectivity index (χ0v) is 22.3. The highest BCUT2D eigenvalue weighted by Crippen LogP contribution is 2.49. The highest BCUT2D eigenvalue weighted by molar-refractivity contribution is 7.21. The van der Waals surface area contributed by atoms with Crippen LogP contribution < -0.4 is 22.5 Å². The Kier molecular flexibility index (Phi) is 6.30. The Balaban J connectivity index is 1.42. The molecule has 2 aromatic carbocycles. The number of rotatable bonds is 5. The fourth-order valence-corrected chi connectivity index (χ4v) is 7.19. The number of hydrogen-bond donors (Lipinski definition) is 4. The Morgan fingerprint density at radius 1 is 1.23 bits per heavy atom. The Labute approximate surface area is 230 Å². The lowest BCUT2D eigenvalue weighted by Crippen LogP contribution is -2.53. The van der Waals surface area contributed by atoms with Gasteiger partial charge in [-0.15, -0.1) is 11.3 Å². The number of ether oxygens (including phenoxy) is 1. The average molecular weight is 546 g/mol. The summed E-state index contributed by atoms with van der Waals surface area (Å²) >= 11 is 1.22. The second-order valence-electron chi connectivity index (χ2n) is 10.6. The van der Waals surface area contributed by atoms with E-state index in [0.29, 0.717) is 63.6 Å². The summed E-state index contributed by atoms with van der Waals surface area (Å²) in [7, 11) is 0. The first-order valence-electron chi connectivity index (χ1n) is 13.1. The monoisotopic (exact) mass is 545 g/mol. The molecule has 0 saturated carbocycles. The van der Waals surface area contributed by atoms with E-state index in [1.165, 1.54) is 17.4 Å². The third-order valence-corrected chi connectivity index (χ3v) is 9.47. The van der Waals surface area contributed by atoms with Crippen molar-refractivity contribution in [2.45, 2.75) is 36.4 Å². The van der Waals surface area contributed by atoms with Crippen molar-refractivity contribution in [2.75, 3.05) is 32.0 Å². The maximum atomic E-state index is 14.0. The van der Waals surface area contributed by atoms with Crippen LogP contribution in [0.25, 0.3) is 10.1 Å². The minimum absolute atomic E-state index is 0.163. The van der Waals surface area contributed by atoms with Gasteiger partial charge < -0.3 is 32.2 Å². The lowest BCUT2D eigenvalue weighted by molar-refractivity contribution is -0.127. The first-order valence-corrected chi connectivity index (χ1v) is 13.9. The largest absolute Gasteiger partial charge is 0.398 e. The lowest BCUT2D eigenvalue weighted by Gasteiger charge is -2.37. The third-order valence-electron chi connectivity index (χ3n) is 8.21. The second-order valence-corrected chi connectivity index (χ2v) is 11.6. The standard InChI is InChI=1S/C29H31N5O4S/c1-2-21(35)34-10-4-7-18(12-34)33-28(37)26-23-22-19(8-9-20(30)25(22)39-26)29(32,27(36)24(23)31)17-6-3-5-15(11-17)16-13-38-14-16/h2-3,5-6,8-9,11,16,18,24H,1,4,7,10,12-14,30-32H2,(H,33,37). The Hall–Kier alpha value is -3.57. The van der Waals surface area contributed by atoms with Gasteiger partial charge in [0.1, 0.15) is 5.54 Å². The summed E-state index contributed by atoms with van der Waals surface area (Å²) in [6.07, 6.45) is 2.78. The van der Waals surface area contributed by atoms with Gasteiger partial charge in [0, 0.05) is 41.7 Å². The lowest BCUT2D eigenvalue weighted by atomic mass is 9.70. The van der Waals surface area contributed by atoms with E-state index in [0.717, 1.165) is 18.4 Å². The quantitative estimate of drug-likeness (QED) is 0.283. The Morgan fingerprint density at radius 2 is 2.03 bits per heavy atom. The summed E-state index contributed by atoms with van der Waals surface area (Å²) in [5, 5.41) is 3.73. The predicted molar refractivity (Wildman–Crippen MR) is 150 cm³/mol. The van der Waals surface area contributed by atoms with Gasteiger partial charge in [0.05, 0.1) is 28.8 Å². The molecule has 3 atom stereocenters. The number of nitrogens with two attached hydrogens (primary N) is 3. The van der Waals surface area contributed by atoms with Crippen LogP contribution in [-0.2, 0) is 19.9 Å². The first kappa shape index (κ1) is 25.7. The fourth-order valence-electron chi connectivity index (χ4n) is 5.99. The van der Waals surface area contributed by atoms with Gasteiger partial charge in [-0.2, -0.15) is 0 Å². The molecule has 39 heavy (non-hydrogen) atoms. The number of ketones is 1. The Morgan fingerprint density at radius 3 is 2.74 bits per heavy atom. The van der Waals surface area contributed by atoms with Crippen molar-refractivity contribution in [3.05, 3.63) is 76.2 Å². The van der Waals surface area contributed by atoms with E-state index in [9.17, 15) is 14.4 Å². The zero-order chi connectivity index (χ0) is 27.5. The average Bonchev–Trinajstić information content (AvgIpc) is 3.32. The van der Waals surface area contributed by atoms with Crippen molar-refractivity contribution in [2.24, 2.45) is 11.5 Å². The van der Waals surface area contributed by atoms with Crippen molar-refractivity contribution in [1.29, 1.82) is 0 Å². The molecule has 3 unspecified atom stereocenters. The molecule has 3 heterocycles. The van der Waals surface area contributed by atoms with E-state index in [1.807, 2.05) is 24.3 Å². The second kappa shape index (κ2) is 9.56. The number of amides is 2. The number of piperidine rings is 1. The van der Waals surface area contributed by atoms with Crippen LogP contribution >= 0.6 is 11.3 Å². The number of benzene rings is 2. The molecule has 3 aliphatic rings. The van der Waals surface area contributed by atoms with Crippen LogP contribution in [0.15, 0.2) is 49.1 Å². The molecule has 2 saturated heterocycles. The van der Waals surface area contributed by atoms with Crippen LogP contribution in [0.1, 0.15) is 56.7 Å². The molecule has 7 N–H and O–H groups in total. The maximum Gasteiger partial charge on any atom is 0.262 e. The van der Waals surface area contributed by atoms with Crippen LogP contribution in [0.4, 0.5) is 5.69 Å². The predicted octanol–water partition coefficient (Wildman–Crippen LogP) is 2.29. The number of carbonyl (C=O) groups is 3. The number of likely N-dealkylation sites (tertiary alicyclic amines) is 1. The van der Waals surface area contributed by atoms with Gasteiger partial charge >= 0.3 is 0 Å². The summed E-state index contributed by atoms with van der Waals surface area (Å²) in [6, 6.07) is 9.89. The Bertz CT molecular complexity index is 1530. The fraction of sp³-hybridized carbons (Fsp3) is 0.345. The molecule has 0 bridgehead atoms. The molecule has 9 nitrogen and oxygen atoms in total. The molecule has 10 heteroatoms. The van der Waals surface area contributed by atoms with E-state index in [4.69, 9.17) is 21.9 Å². The number of nitrogens with zero attached hydrogens (tertiary/aromatic N) is 1. The van der Waals surface area contributed by atoms with Crippen LogP contribution in [0.5, 0.6) is 0 Å². The molecule has 0 radical (unpaired) electrons. The number of carbonyl (C=O) groups excluding carboxylic acids is 3. The third kappa shape index (κ3) is 3.98. The van der Waals surface area contributed by atoms with Crippen molar-refractivity contribution < 1.29 is 19.1 Å². The molecule has 3 aromatic rings. The number of nitrogens with one attached hydrogen (secondary N) is 1. The van der Waals surface area contributed by atoms with Crippen molar-refractivity contribution in [3.63, 3.8) is 0 Å². The number of Topliss-reactive ketones (excluding diaryl/α,β-unsaturated/α-hetero) is 1. The summed E-state index contributed by atoms with van der Waals surface area (Å²) in [5.41, 5.74) is 21.8. The van der Waals surface area contributed by atoms with Gasteiger partial charge in [-0.25, -0.2) is 0 Å². The van der Waals surface area contributed by atoms with Gasteiger partial charge in [-0.1, -0.05) is 36.9 Å². The van der Waals surface area contributed by atoms with Gasteiger partial charge in [0.15, 0.2) is 5.78 Å². The van der Waals surface area contributed by atoms with E-state index in [1.54, 1.807) is 17.0 Å². The topological polar surface area (TPSA) is 154 Å². The SMILES string of the molecule is C=CC(=O)N1CCCC(NC(=O)c2sc3c(N)ccc4c3c2C(N)C(=O)C4(N)c2cccc(C3COC3)c2)C1. The van der Waals surface area contributed by atoms with Crippen LogP contribution in [0.2, 0.25) is 0 Å². The zero-order valence-electron chi connectivity index (χ0n) is 21.4. The molecule has 1 aromatic heterocycles. The van der Waals surface area contributed by atoms with Crippen molar-refractivity contribution in [1.82, 2.24) is 10.2 Å². The van der Waals surface area contributed by atoms with Crippen molar-refractivity contribution in [3.8, 4) is 0 Å². The molecule has 6 rings (SSSR count). The molecule has 1 aliphatic carbocycles. The normalized spacial score (nSPS) is 24.9. The smallest absolute Gasteiger partial charge is 0.262 e. The number of thiophene rings is 1. The van der Waals surface area contributed by atoms with Crippen LogP contribution in [0, 0.1) is 0 Å². The number of hydrogen-bond acceptors (Lipinski definition) is 8. The molecule has 2 amide bonds. The molecule has 2 fully saturated rings. The number of anilines is 1. The number of nitrogen functional groups attached to an aromatic ring is 1. The van der Waals surface area contributed by atoms with E-state index in [2.05, 4.69) is 11.9 Å². The summed E-state index contributed by atoms with van der Waals surface area (Å²) < 4.78 is 6.04. The molecule has 202 valence electrons. The van der Waals surface area contributed by atoms with Crippen molar-refractivity contribution >= 4 is 44.7 Å². The highest BCUT2D eigenvalue weighted by atomic mass is 32.1. The summed E-state index contributed by atoms with van der Waals surface area (Å²) in [4.78, 5) is 41.8. The summed E-state index contributed by atoms with van der Waals surface area (Å²) in [6.45, 7) is 5.84. The maximum absolute atomic E-state index is 14.0. The van der Waals surface area contributed by atoms with Gasteiger partial charge in [0.2, 0.25) is 5.91 Å². The van der Waals surface area contributed by atoms with E-state index in [-0.39, 0.29) is 29.6 Å². The van der Waals surface area contributed by atoms with E-state index >= 15 is 0 Å². The highest BCUT2D eigenvalue weighted by Gasteiger charge is 2.49. The van der Waals surface area contributed by atoms with Crippen LogP contribution in [0.3, 0.4) is 0 Å². The molecular weight excluding hydrogens is 514 g/mol. The molecule has 2 aliphatic heterocycles. The van der Waals surface area contributed by atoms with Gasteiger partial charge in [-0.3, -0.25) is 14.4 Å². The molecule has 0 spiro atoms. The van der Waals surface area contributed by atoms with Gasteiger partial charge in [0.25, 0.3) is 5.91 Å². The van der Waals surface area contributed by atoms with E-state index < -0.39 is 11.6 Å². The first-order chi connectivity index (χ1) is 18.7. The minimum Gasteiger partial charge on any atom is -0.398 e. The minimum atomic E-state index is -1.50.